The largest absolute Gasteiger partial charge is 0.333 e. The molecule has 0 unspecified atom stereocenters. The number of hydrogen-bond acceptors (Lipinski definition) is 1. The predicted molar refractivity (Wildman–Crippen MR) is 106 cm³/mol. The van der Waals surface area contributed by atoms with Gasteiger partial charge in [-0.3, -0.25) is 0 Å². The average Bonchev–Trinajstić information content (AvgIpc) is 2.85. The van der Waals surface area contributed by atoms with Gasteiger partial charge in [-0.25, -0.2) is 0 Å². The van der Waals surface area contributed by atoms with E-state index >= 15 is 0 Å². The van der Waals surface area contributed by atoms with Crippen molar-refractivity contribution in [2.75, 3.05) is 13.1 Å². The SMILES string of the molecule is Cl.Clc1cc(CC#CN2CCCCCC2)ccc1C1CCCCC1. The van der Waals surface area contributed by atoms with Gasteiger partial charge in [-0.1, -0.05) is 61.8 Å². The molecule has 1 aliphatic heterocycles. The van der Waals surface area contributed by atoms with Crippen LogP contribution in [0.4, 0.5) is 0 Å². The molecule has 0 radical (unpaired) electrons. The van der Waals surface area contributed by atoms with Crippen molar-refractivity contribution in [3.05, 3.63) is 34.3 Å². The molecule has 1 saturated heterocycles. The first-order valence-electron chi connectivity index (χ1n) is 9.35. The van der Waals surface area contributed by atoms with Crippen LogP contribution in [-0.4, -0.2) is 18.0 Å². The van der Waals surface area contributed by atoms with E-state index in [0.717, 1.165) is 24.5 Å². The van der Waals surface area contributed by atoms with Gasteiger partial charge < -0.3 is 4.90 Å². The molecule has 24 heavy (non-hydrogen) atoms. The summed E-state index contributed by atoms with van der Waals surface area (Å²) in [6.07, 6.45) is 12.8. The summed E-state index contributed by atoms with van der Waals surface area (Å²) in [7, 11) is 0. The van der Waals surface area contributed by atoms with Crippen molar-refractivity contribution < 1.29 is 0 Å². The second-order valence-electron chi connectivity index (χ2n) is 7.06. The fourth-order valence-corrected chi connectivity index (χ4v) is 4.22. The van der Waals surface area contributed by atoms with Crippen molar-refractivity contribution in [2.45, 2.75) is 70.1 Å². The van der Waals surface area contributed by atoms with E-state index in [4.69, 9.17) is 11.6 Å². The zero-order chi connectivity index (χ0) is 15.9. The van der Waals surface area contributed by atoms with Gasteiger partial charge in [-0.05, 0) is 48.8 Å². The molecule has 1 heterocycles. The van der Waals surface area contributed by atoms with Gasteiger partial charge >= 0.3 is 0 Å². The molecule has 0 N–H and O–H groups in total. The lowest BCUT2D eigenvalue weighted by atomic mass is 9.84. The molecule has 0 amide bonds. The second kappa shape index (κ2) is 10.2. The lowest BCUT2D eigenvalue weighted by molar-refractivity contribution is 0.414. The highest BCUT2D eigenvalue weighted by Crippen LogP contribution is 2.36. The van der Waals surface area contributed by atoms with E-state index in [1.54, 1.807) is 0 Å². The van der Waals surface area contributed by atoms with Crippen molar-refractivity contribution in [3.63, 3.8) is 0 Å². The summed E-state index contributed by atoms with van der Waals surface area (Å²) in [5.41, 5.74) is 2.60. The Hall–Kier alpha value is -0.840. The molecule has 1 nitrogen and oxygen atoms in total. The van der Waals surface area contributed by atoms with E-state index < -0.39 is 0 Å². The summed E-state index contributed by atoms with van der Waals surface area (Å²) in [6, 6.07) is 9.97. The molecule has 0 bridgehead atoms. The normalized spacial score (nSPS) is 19.0. The average molecular weight is 366 g/mol. The summed E-state index contributed by atoms with van der Waals surface area (Å²) < 4.78 is 0. The standard InChI is InChI=1S/C21H28ClN.ClH/c22-21-17-18(9-8-16-23-14-6-1-2-7-15-23)12-13-20(21)19-10-4-3-5-11-19;/h12-13,17,19H,1-7,9-11,14-15H2;1H. The van der Waals surface area contributed by atoms with Crippen LogP contribution in [0.3, 0.4) is 0 Å². The highest BCUT2D eigenvalue weighted by molar-refractivity contribution is 6.31. The highest BCUT2D eigenvalue weighted by atomic mass is 35.5. The number of halogens is 2. The summed E-state index contributed by atoms with van der Waals surface area (Å²) in [4.78, 5) is 2.30. The number of rotatable bonds is 2. The van der Waals surface area contributed by atoms with Crippen LogP contribution in [0.1, 0.15) is 74.8 Å². The molecule has 1 aromatic carbocycles. The van der Waals surface area contributed by atoms with Gasteiger partial charge in [0.05, 0.1) is 0 Å². The fourth-order valence-electron chi connectivity index (χ4n) is 3.86. The Morgan fingerprint density at radius 3 is 2.29 bits per heavy atom. The van der Waals surface area contributed by atoms with Crippen LogP contribution in [0.15, 0.2) is 18.2 Å². The lowest BCUT2D eigenvalue weighted by Gasteiger charge is -2.23. The maximum atomic E-state index is 6.55. The van der Waals surface area contributed by atoms with Crippen LogP contribution in [-0.2, 0) is 6.42 Å². The Morgan fingerprint density at radius 1 is 0.958 bits per heavy atom. The van der Waals surface area contributed by atoms with E-state index in [0.29, 0.717) is 5.92 Å². The molecule has 2 aliphatic rings. The summed E-state index contributed by atoms with van der Waals surface area (Å²) in [5, 5.41) is 0.950. The predicted octanol–water partition coefficient (Wildman–Crippen LogP) is 6.19. The molecular weight excluding hydrogens is 337 g/mol. The first-order chi connectivity index (χ1) is 11.3. The van der Waals surface area contributed by atoms with Gasteiger partial charge in [0.15, 0.2) is 0 Å². The Morgan fingerprint density at radius 2 is 1.62 bits per heavy atom. The fraction of sp³-hybridized carbons (Fsp3) is 0.619. The summed E-state index contributed by atoms with van der Waals surface area (Å²) >= 11 is 6.55. The summed E-state index contributed by atoms with van der Waals surface area (Å²) in [5.74, 6) is 4.02. The minimum absolute atomic E-state index is 0. The molecule has 132 valence electrons. The topological polar surface area (TPSA) is 3.24 Å². The first-order valence-corrected chi connectivity index (χ1v) is 9.72. The Labute approximate surface area is 158 Å². The first kappa shape index (κ1) is 19.5. The minimum atomic E-state index is 0. The Bertz CT molecular complexity index is 559. The maximum absolute atomic E-state index is 6.55. The van der Waals surface area contributed by atoms with E-state index in [2.05, 4.69) is 35.1 Å². The van der Waals surface area contributed by atoms with E-state index in [9.17, 15) is 0 Å². The third kappa shape index (κ3) is 5.61. The Balaban J connectivity index is 0.00000208. The molecule has 3 rings (SSSR count). The maximum Gasteiger partial charge on any atom is 0.0443 e. The zero-order valence-corrected chi connectivity index (χ0v) is 16.1. The van der Waals surface area contributed by atoms with Crippen LogP contribution in [0.5, 0.6) is 0 Å². The van der Waals surface area contributed by atoms with Crippen LogP contribution in [0, 0.1) is 12.0 Å². The van der Waals surface area contributed by atoms with E-state index in [1.807, 2.05) is 0 Å². The van der Waals surface area contributed by atoms with Crippen molar-refractivity contribution in [3.8, 4) is 12.0 Å². The zero-order valence-electron chi connectivity index (χ0n) is 14.5. The number of benzene rings is 1. The molecule has 1 saturated carbocycles. The van der Waals surface area contributed by atoms with Crippen LogP contribution >= 0.6 is 24.0 Å². The number of likely N-dealkylation sites (tertiary alicyclic amines) is 1. The summed E-state index contributed by atoms with van der Waals surface area (Å²) in [6.45, 7) is 2.27. The third-order valence-electron chi connectivity index (χ3n) is 5.25. The van der Waals surface area contributed by atoms with Crippen LogP contribution in [0.25, 0.3) is 0 Å². The quantitative estimate of drug-likeness (QED) is 0.564. The molecule has 0 spiro atoms. The molecular formula is C21H29Cl2N. The van der Waals surface area contributed by atoms with Crippen molar-refractivity contribution >= 4 is 24.0 Å². The molecule has 0 atom stereocenters. The highest BCUT2D eigenvalue weighted by Gasteiger charge is 2.17. The molecule has 0 aromatic heterocycles. The van der Waals surface area contributed by atoms with Gasteiger partial charge in [0, 0.05) is 30.6 Å². The second-order valence-corrected chi connectivity index (χ2v) is 7.46. The molecule has 3 heteroatoms. The van der Waals surface area contributed by atoms with Gasteiger partial charge in [-0.2, -0.15) is 0 Å². The number of hydrogen-bond donors (Lipinski definition) is 0. The lowest BCUT2D eigenvalue weighted by Crippen LogP contribution is -2.18. The molecule has 2 fully saturated rings. The third-order valence-corrected chi connectivity index (χ3v) is 5.57. The smallest absolute Gasteiger partial charge is 0.0443 e. The number of nitrogens with zero attached hydrogens (tertiary/aromatic N) is 1. The van der Waals surface area contributed by atoms with Crippen molar-refractivity contribution in [1.82, 2.24) is 4.90 Å². The Kier molecular flexibility index (Phi) is 8.30. The van der Waals surface area contributed by atoms with Gasteiger partial charge in [-0.15, -0.1) is 12.4 Å². The van der Waals surface area contributed by atoms with E-state index in [1.165, 1.54) is 68.9 Å². The van der Waals surface area contributed by atoms with Crippen LogP contribution < -0.4 is 0 Å². The van der Waals surface area contributed by atoms with Crippen molar-refractivity contribution in [1.29, 1.82) is 0 Å². The molecule has 1 aromatic rings. The van der Waals surface area contributed by atoms with Crippen molar-refractivity contribution in [2.24, 2.45) is 0 Å². The monoisotopic (exact) mass is 365 g/mol. The van der Waals surface area contributed by atoms with Crippen LogP contribution in [0.2, 0.25) is 5.02 Å². The van der Waals surface area contributed by atoms with Gasteiger partial charge in [0.2, 0.25) is 0 Å². The van der Waals surface area contributed by atoms with Gasteiger partial charge in [0.1, 0.15) is 0 Å². The minimum Gasteiger partial charge on any atom is -0.333 e. The van der Waals surface area contributed by atoms with E-state index in [-0.39, 0.29) is 12.4 Å². The molecule has 1 aliphatic carbocycles. The van der Waals surface area contributed by atoms with Gasteiger partial charge in [0.25, 0.3) is 0 Å².